The topological polar surface area (TPSA) is 76.0 Å². The second-order valence-electron chi connectivity index (χ2n) is 7.51. The molecule has 29 heavy (non-hydrogen) atoms. The number of anilines is 1. The van der Waals surface area contributed by atoms with E-state index >= 15 is 0 Å². The summed E-state index contributed by atoms with van der Waals surface area (Å²) in [7, 11) is 0. The van der Waals surface area contributed by atoms with Gasteiger partial charge in [-0.3, -0.25) is 9.59 Å². The Balaban J connectivity index is 1.36. The summed E-state index contributed by atoms with van der Waals surface area (Å²) in [5, 5.41) is 10.2. The van der Waals surface area contributed by atoms with Crippen LogP contribution in [0.5, 0.6) is 0 Å². The number of amides is 2. The highest BCUT2D eigenvalue weighted by Gasteiger charge is 2.24. The maximum absolute atomic E-state index is 12.4. The lowest BCUT2D eigenvalue weighted by Gasteiger charge is -2.23. The molecule has 1 saturated carbocycles. The lowest BCUT2D eigenvalue weighted by atomic mass is 9.85. The van der Waals surface area contributed by atoms with Gasteiger partial charge in [0.25, 0.3) is 5.91 Å². The number of hydrogen-bond acceptors (Lipinski definition) is 3. The molecule has 0 atom stereocenters. The molecule has 0 spiro atoms. The van der Waals surface area contributed by atoms with Gasteiger partial charge in [0, 0.05) is 35.5 Å². The molecule has 148 valence electrons. The molecular weight excluding hydrogens is 364 g/mol. The van der Waals surface area contributed by atoms with Crippen molar-refractivity contribution in [3.8, 4) is 5.69 Å². The van der Waals surface area contributed by atoms with E-state index in [1.807, 2.05) is 49.5 Å². The van der Waals surface area contributed by atoms with E-state index in [1.54, 1.807) is 23.0 Å². The number of hydrogen-bond donors (Lipinski definition) is 2. The molecular formula is C23H24N4O2. The Morgan fingerprint density at radius 1 is 1.07 bits per heavy atom. The van der Waals surface area contributed by atoms with E-state index in [0.717, 1.165) is 41.8 Å². The molecule has 2 amide bonds. The molecule has 0 bridgehead atoms. The summed E-state index contributed by atoms with van der Waals surface area (Å²) in [5.41, 5.74) is 4.29. The molecule has 2 aromatic carbocycles. The fourth-order valence-electron chi connectivity index (χ4n) is 3.20. The predicted octanol–water partition coefficient (Wildman–Crippen LogP) is 3.85. The Bertz CT molecular complexity index is 1000. The largest absolute Gasteiger partial charge is 0.352 e. The summed E-state index contributed by atoms with van der Waals surface area (Å²) >= 11 is 0. The smallest absolute Gasteiger partial charge is 0.255 e. The van der Waals surface area contributed by atoms with Crippen molar-refractivity contribution in [3.63, 3.8) is 0 Å². The van der Waals surface area contributed by atoms with Gasteiger partial charge in [0.05, 0.1) is 11.9 Å². The molecule has 6 heteroatoms. The molecule has 2 N–H and O–H groups in total. The summed E-state index contributed by atoms with van der Waals surface area (Å²) in [6.07, 6.45) is 6.78. The summed E-state index contributed by atoms with van der Waals surface area (Å²) in [4.78, 5) is 24.4. The van der Waals surface area contributed by atoms with E-state index in [4.69, 9.17) is 0 Å². The van der Waals surface area contributed by atoms with Crippen molar-refractivity contribution in [1.29, 1.82) is 0 Å². The van der Waals surface area contributed by atoms with E-state index in [1.165, 1.54) is 0 Å². The Morgan fingerprint density at radius 3 is 2.45 bits per heavy atom. The first-order chi connectivity index (χ1) is 14.1. The van der Waals surface area contributed by atoms with Crippen LogP contribution in [-0.4, -0.2) is 21.6 Å². The quantitative estimate of drug-likeness (QED) is 0.673. The van der Waals surface area contributed by atoms with E-state index < -0.39 is 0 Å². The molecule has 3 aromatic rings. The normalized spacial score (nSPS) is 13.6. The second-order valence-corrected chi connectivity index (χ2v) is 7.51. The average Bonchev–Trinajstić information content (AvgIpc) is 3.16. The molecule has 0 unspecified atom stereocenters. The van der Waals surface area contributed by atoms with Crippen LogP contribution in [0, 0.1) is 12.8 Å². The first kappa shape index (κ1) is 18.9. The van der Waals surface area contributed by atoms with Crippen molar-refractivity contribution in [1.82, 2.24) is 15.1 Å². The zero-order valence-corrected chi connectivity index (χ0v) is 16.4. The molecule has 0 aliphatic heterocycles. The number of carbonyl (C=O) groups excluding carboxylic acids is 2. The fourth-order valence-corrected chi connectivity index (χ4v) is 3.20. The van der Waals surface area contributed by atoms with Gasteiger partial charge in [0.2, 0.25) is 5.91 Å². The van der Waals surface area contributed by atoms with Crippen LogP contribution in [0.2, 0.25) is 0 Å². The van der Waals surface area contributed by atoms with Crippen molar-refractivity contribution in [3.05, 3.63) is 77.6 Å². The SMILES string of the molecule is Cc1ccc(NC(=O)c2ccc(-n3cc(CNC(=O)C4CCC4)cn3)cc2)cc1. The highest BCUT2D eigenvalue weighted by atomic mass is 16.2. The van der Waals surface area contributed by atoms with Crippen LogP contribution in [0.4, 0.5) is 5.69 Å². The second kappa shape index (κ2) is 8.31. The monoisotopic (exact) mass is 388 g/mol. The van der Waals surface area contributed by atoms with Gasteiger partial charge < -0.3 is 10.6 Å². The molecule has 6 nitrogen and oxygen atoms in total. The van der Waals surface area contributed by atoms with Crippen molar-refractivity contribution >= 4 is 17.5 Å². The van der Waals surface area contributed by atoms with E-state index in [0.29, 0.717) is 12.1 Å². The van der Waals surface area contributed by atoms with Gasteiger partial charge in [-0.2, -0.15) is 5.10 Å². The molecule has 4 rings (SSSR count). The van der Waals surface area contributed by atoms with E-state index in [2.05, 4.69) is 15.7 Å². The third-order valence-electron chi connectivity index (χ3n) is 5.28. The van der Waals surface area contributed by atoms with Gasteiger partial charge >= 0.3 is 0 Å². The summed E-state index contributed by atoms with van der Waals surface area (Å²) in [6.45, 7) is 2.49. The van der Waals surface area contributed by atoms with Crippen molar-refractivity contribution in [2.45, 2.75) is 32.7 Å². The summed E-state index contributed by atoms with van der Waals surface area (Å²) < 4.78 is 1.74. The van der Waals surface area contributed by atoms with Crippen LogP contribution in [0.1, 0.15) is 40.7 Å². The Hall–Kier alpha value is -3.41. The van der Waals surface area contributed by atoms with E-state index in [9.17, 15) is 9.59 Å². The lowest BCUT2D eigenvalue weighted by Crippen LogP contribution is -2.33. The number of aromatic nitrogens is 2. The number of rotatable bonds is 6. The van der Waals surface area contributed by atoms with Crippen LogP contribution >= 0.6 is 0 Å². The van der Waals surface area contributed by atoms with Crippen LogP contribution in [-0.2, 0) is 11.3 Å². The fraction of sp³-hybridized carbons (Fsp3) is 0.261. The Morgan fingerprint density at radius 2 is 1.79 bits per heavy atom. The van der Waals surface area contributed by atoms with Crippen molar-refractivity contribution < 1.29 is 9.59 Å². The number of nitrogens with zero attached hydrogens (tertiary/aromatic N) is 2. The number of aryl methyl sites for hydroxylation is 1. The minimum atomic E-state index is -0.153. The summed E-state index contributed by atoms with van der Waals surface area (Å²) in [6, 6.07) is 15.0. The highest BCUT2D eigenvalue weighted by molar-refractivity contribution is 6.04. The molecule has 1 aromatic heterocycles. The Kier molecular flexibility index (Phi) is 5.42. The Labute approximate surface area is 169 Å². The first-order valence-corrected chi connectivity index (χ1v) is 9.88. The number of nitrogens with one attached hydrogen (secondary N) is 2. The van der Waals surface area contributed by atoms with Gasteiger partial charge in [0.1, 0.15) is 0 Å². The van der Waals surface area contributed by atoms with Crippen LogP contribution in [0.3, 0.4) is 0 Å². The zero-order chi connectivity index (χ0) is 20.2. The van der Waals surface area contributed by atoms with Crippen LogP contribution in [0.25, 0.3) is 5.69 Å². The molecule has 1 heterocycles. The minimum absolute atomic E-state index is 0.132. The van der Waals surface area contributed by atoms with Gasteiger partial charge in [-0.1, -0.05) is 24.1 Å². The van der Waals surface area contributed by atoms with Crippen LogP contribution in [0.15, 0.2) is 60.9 Å². The van der Waals surface area contributed by atoms with Gasteiger partial charge in [-0.25, -0.2) is 4.68 Å². The maximum Gasteiger partial charge on any atom is 0.255 e. The molecule has 1 aliphatic rings. The first-order valence-electron chi connectivity index (χ1n) is 9.88. The highest BCUT2D eigenvalue weighted by Crippen LogP contribution is 2.26. The maximum atomic E-state index is 12.4. The summed E-state index contributed by atoms with van der Waals surface area (Å²) in [5.74, 6) is 0.164. The predicted molar refractivity (Wildman–Crippen MR) is 112 cm³/mol. The minimum Gasteiger partial charge on any atom is -0.352 e. The van der Waals surface area contributed by atoms with Gasteiger partial charge in [-0.05, 0) is 56.2 Å². The third kappa shape index (κ3) is 4.54. The van der Waals surface area contributed by atoms with E-state index in [-0.39, 0.29) is 17.7 Å². The lowest BCUT2D eigenvalue weighted by molar-refractivity contribution is -0.127. The number of carbonyl (C=O) groups is 2. The van der Waals surface area contributed by atoms with Crippen molar-refractivity contribution in [2.75, 3.05) is 5.32 Å². The number of benzene rings is 2. The molecule has 0 radical (unpaired) electrons. The molecule has 0 saturated heterocycles. The average molecular weight is 388 g/mol. The van der Waals surface area contributed by atoms with Crippen molar-refractivity contribution in [2.24, 2.45) is 5.92 Å². The molecule has 1 aliphatic carbocycles. The van der Waals surface area contributed by atoms with Crippen LogP contribution < -0.4 is 10.6 Å². The van der Waals surface area contributed by atoms with Gasteiger partial charge in [-0.15, -0.1) is 0 Å². The van der Waals surface area contributed by atoms with Gasteiger partial charge in [0.15, 0.2) is 0 Å². The standard InChI is InChI=1S/C23H24N4O2/c1-16-5-9-20(10-6-16)26-23(29)19-7-11-21(12-8-19)27-15-17(14-25-27)13-24-22(28)18-3-2-4-18/h5-12,14-15,18H,2-4,13H2,1H3,(H,24,28)(H,26,29). The molecule has 1 fully saturated rings. The zero-order valence-electron chi connectivity index (χ0n) is 16.4. The third-order valence-corrected chi connectivity index (χ3v) is 5.28.